The van der Waals surface area contributed by atoms with Crippen LogP contribution in [0.5, 0.6) is 6.01 Å². The molecule has 2 aromatic rings. The summed E-state index contributed by atoms with van der Waals surface area (Å²) in [7, 11) is -2.07. The number of anilines is 1. The van der Waals surface area contributed by atoms with Crippen molar-refractivity contribution in [2.75, 3.05) is 11.8 Å². The molecule has 7 heteroatoms. The minimum Gasteiger partial charge on any atom is -0.467 e. The van der Waals surface area contributed by atoms with Crippen LogP contribution in [0.25, 0.3) is 0 Å². The van der Waals surface area contributed by atoms with Crippen LogP contribution >= 0.6 is 0 Å². The number of hydrogen-bond acceptors (Lipinski definition) is 5. The fraction of sp³-hybridized carbons (Fsp3) is 0.333. The van der Waals surface area contributed by atoms with Gasteiger partial charge in [-0.25, -0.2) is 8.42 Å². The van der Waals surface area contributed by atoms with E-state index in [-0.39, 0.29) is 11.8 Å². The number of hydrogen-bond donors (Lipinski definition) is 1. The SMILES string of the molecule is COc1nc(C)c(NS(=O)(=O)Cc2cccc(C)c2)c(C)n1. The summed E-state index contributed by atoms with van der Waals surface area (Å²) < 4.78 is 32.2. The second-order valence-corrected chi connectivity index (χ2v) is 6.83. The van der Waals surface area contributed by atoms with Gasteiger partial charge in [-0.05, 0) is 26.3 Å². The largest absolute Gasteiger partial charge is 0.467 e. The Kier molecular flexibility index (Phi) is 4.65. The van der Waals surface area contributed by atoms with Crippen molar-refractivity contribution >= 4 is 15.7 Å². The average Bonchev–Trinajstić information content (AvgIpc) is 2.42. The second kappa shape index (κ2) is 6.31. The molecule has 0 spiro atoms. The molecule has 0 aliphatic heterocycles. The monoisotopic (exact) mass is 321 g/mol. The predicted molar refractivity (Wildman–Crippen MR) is 85.5 cm³/mol. The van der Waals surface area contributed by atoms with Crippen LogP contribution in [-0.2, 0) is 15.8 Å². The first-order valence-electron chi connectivity index (χ1n) is 6.76. The molecule has 1 aromatic carbocycles. The molecule has 6 nitrogen and oxygen atoms in total. The molecule has 22 heavy (non-hydrogen) atoms. The minimum absolute atomic E-state index is 0.0976. The smallest absolute Gasteiger partial charge is 0.316 e. The van der Waals surface area contributed by atoms with E-state index in [4.69, 9.17) is 4.74 Å². The van der Waals surface area contributed by atoms with E-state index in [0.29, 0.717) is 17.1 Å². The first-order valence-corrected chi connectivity index (χ1v) is 8.41. The van der Waals surface area contributed by atoms with Gasteiger partial charge in [0.25, 0.3) is 0 Å². The van der Waals surface area contributed by atoms with Crippen LogP contribution < -0.4 is 9.46 Å². The molecule has 0 atom stereocenters. The van der Waals surface area contributed by atoms with E-state index in [2.05, 4.69) is 14.7 Å². The average molecular weight is 321 g/mol. The molecule has 0 unspecified atom stereocenters. The van der Waals surface area contributed by atoms with Crippen molar-refractivity contribution in [2.45, 2.75) is 26.5 Å². The summed E-state index contributed by atoms with van der Waals surface area (Å²) in [5.74, 6) is -0.0976. The highest BCUT2D eigenvalue weighted by atomic mass is 32.2. The van der Waals surface area contributed by atoms with Gasteiger partial charge >= 0.3 is 6.01 Å². The summed E-state index contributed by atoms with van der Waals surface area (Å²) in [4.78, 5) is 8.19. The molecule has 1 N–H and O–H groups in total. The van der Waals surface area contributed by atoms with E-state index in [0.717, 1.165) is 11.1 Å². The predicted octanol–water partition coefficient (Wildman–Crippen LogP) is 2.35. The molecule has 0 bridgehead atoms. The van der Waals surface area contributed by atoms with Gasteiger partial charge in [-0.15, -0.1) is 0 Å². The standard InChI is InChI=1S/C15H19N3O3S/c1-10-6-5-7-13(8-10)9-22(19,20)18-14-11(2)16-15(21-4)17-12(14)3/h5-8,18H,9H2,1-4H3. The first kappa shape index (κ1) is 16.2. The van der Waals surface area contributed by atoms with Crippen LogP contribution in [0.4, 0.5) is 5.69 Å². The highest BCUT2D eigenvalue weighted by Gasteiger charge is 2.17. The van der Waals surface area contributed by atoms with Gasteiger partial charge in [0.15, 0.2) is 0 Å². The number of nitrogens with zero attached hydrogens (tertiary/aromatic N) is 2. The van der Waals surface area contributed by atoms with Gasteiger partial charge < -0.3 is 4.74 Å². The Labute approximate surface area is 130 Å². The third-order valence-electron chi connectivity index (χ3n) is 3.13. The summed E-state index contributed by atoms with van der Waals surface area (Å²) in [6.07, 6.45) is 0. The molecule has 0 aliphatic carbocycles. The fourth-order valence-corrected chi connectivity index (χ4v) is 3.43. The van der Waals surface area contributed by atoms with E-state index in [1.165, 1.54) is 7.11 Å². The summed E-state index contributed by atoms with van der Waals surface area (Å²) in [5.41, 5.74) is 3.20. The maximum Gasteiger partial charge on any atom is 0.316 e. The van der Waals surface area contributed by atoms with Crippen LogP contribution in [0.15, 0.2) is 24.3 Å². The van der Waals surface area contributed by atoms with Crippen molar-refractivity contribution in [1.82, 2.24) is 9.97 Å². The summed E-state index contributed by atoms with van der Waals surface area (Å²) in [6, 6.07) is 7.62. The molecule has 1 aromatic heterocycles. The summed E-state index contributed by atoms with van der Waals surface area (Å²) >= 11 is 0. The molecule has 0 saturated heterocycles. The lowest BCUT2D eigenvalue weighted by atomic mass is 10.2. The zero-order chi connectivity index (χ0) is 16.3. The number of nitrogens with one attached hydrogen (secondary N) is 1. The highest BCUT2D eigenvalue weighted by molar-refractivity contribution is 7.91. The van der Waals surface area contributed by atoms with Gasteiger partial charge in [-0.1, -0.05) is 29.8 Å². The van der Waals surface area contributed by atoms with Gasteiger partial charge in [0, 0.05) is 0 Å². The van der Waals surface area contributed by atoms with E-state index in [1.54, 1.807) is 19.9 Å². The Morgan fingerprint density at radius 2 is 1.77 bits per heavy atom. The molecule has 0 saturated carbocycles. The van der Waals surface area contributed by atoms with Crippen LogP contribution in [-0.4, -0.2) is 25.5 Å². The van der Waals surface area contributed by atoms with E-state index in [1.807, 2.05) is 25.1 Å². The molecule has 118 valence electrons. The van der Waals surface area contributed by atoms with Crippen molar-refractivity contribution in [2.24, 2.45) is 0 Å². The molecule has 1 heterocycles. The number of aromatic nitrogens is 2. The van der Waals surface area contributed by atoms with Crippen LogP contribution in [0.3, 0.4) is 0 Å². The highest BCUT2D eigenvalue weighted by Crippen LogP contribution is 2.21. The first-order chi connectivity index (χ1) is 10.3. The Bertz CT molecular complexity index is 765. The van der Waals surface area contributed by atoms with Gasteiger partial charge in [0.2, 0.25) is 10.0 Å². The van der Waals surface area contributed by atoms with Crippen LogP contribution in [0.2, 0.25) is 0 Å². The third kappa shape index (κ3) is 3.94. The topological polar surface area (TPSA) is 81.2 Å². The summed E-state index contributed by atoms with van der Waals surface area (Å²) in [6.45, 7) is 5.35. The van der Waals surface area contributed by atoms with Crippen molar-refractivity contribution in [3.63, 3.8) is 0 Å². The zero-order valence-corrected chi connectivity index (χ0v) is 13.9. The number of benzene rings is 1. The fourth-order valence-electron chi connectivity index (χ4n) is 2.14. The van der Waals surface area contributed by atoms with Crippen LogP contribution in [0.1, 0.15) is 22.5 Å². The Balaban J connectivity index is 2.26. The van der Waals surface area contributed by atoms with E-state index >= 15 is 0 Å². The van der Waals surface area contributed by atoms with Crippen LogP contribution in [0, 0.1) is 20.8 Å². The van der Waals surface area contributed by atoms with Crippen molar-refractivity contribution < 1.29 is 13.2 Å². The number of aryl methyl sites for hydroxylation is 3. The molecule has 0 aliphatic rings. The van der Waals surface area contributed by atoms with Crippen molar-refractivity contribution in [1.29, 1.82) is 0 Å². The normalized spacial score (nSPS) is 11.3. The lowest BCUT2D eigenvalue weighted by Crippen LogP contribution is -2.17. The Hall–Kier alpha value is -2.15. The number of ether oxygens (including phenoxy) is 1. The Morgan fingerprint density at radius 3 is 2.32 bits per heavy atom. The second-order valence-electron chi connectivity index (χ2n) is 5.11. The molecule has 0 radical (unpaired) electrons. The van der Waals surface area contributed by atoms with E-state index < -0.39 is 10.0 Å². The number of methoxy groups -OCH3 is 1. The maximum atomic E-state index is 12.3. The molecular weight excluding hydrogens is 302 g/mol. The molecule has 0 amide bonds. The number of rotatable bonds is 5. The summed E-state index contributed by atoms with van der Waals surface area (Å²) in [5, 5.41) is 0. The van der Waals surface area contributed by atoms with Gasteiger partial charge in [0.05, 0.1) is 29.9 Å². The van der Waals surface area contributed by atoms with Gasteiger partial charge in [-0.2, -0.15) is 9.97 Å². The quantitative estimate of drug-likeness (QED) is 0.914. The molecular formula is C15H19N3O3S. The van der Waals surface area contributed by atoms with Crippen molar-refractivity contribution in [3.05, 3.63) is 46.8 Å². The zero-order valence-electron chi connectivity index (χ0n) is 13.0. The minimum atomic E-state index is -3.54. The molecule has 2 rings (SSSR count). The van der Waals surface area contributed by atoms with E-state index in [9.17, 15) is 8.42 Å². The van der Waals surface area contributed by atoms with Gasteiger partial charge in [0.1, 0.15) is 0 Å². The number of sulfonamides is 1. The lowest BCUT2D eigenvalue weighted by Gasteiger charge is -2.13. The van der Waals surface area contributed by atoms with Crippen molar-refractivity contribution in [3.8, 4) is 6.01 Å². The maximum absolute atomic E-state index is 12.3. The van der Waals surface area contributed by atoms with Gasteiger partial charge in [-0.3, -0.25) is 4.72 Å². The Morgan fingerprint density at radius 1 is 1.14 bits per heavy atom. The third-order valence-corrected chi connectivity index (χ3v) is 4.36. The lowest BCUT2D eigenvalue weighted by molar-refractivity contribution is 0.378. The molecule has 0 fully saturated rings.